The largest absolute Gasteiger partial charge is 0.357 e. The first-order chi connectivity index (χ1) is 9.76. The second kappa shape index (κ2) is 5.81. The number of anilines is 1. The van der Waals surface area contributed by atoms with Gasteiger partial charge in [-0.15, -0.1) is 0 Å². The van der Waals surface area contributed by atoms with E-state index in [1.165, 1.54) is 11.1 Å². The summed E-state index contributed by atoms with van der Waals surface area (Å²) in [5, 5.41) is 5.07. The Morgan fingerprint density at radius 2 is 1.95 bits per heavy atom. The molecule has 4 heteroatoms. The van der Waals surface area contributed by atoms with E-state index in [4.69, 9.17) is 11.6 Å². The Hall–Kier alpha value is -1.58. The first-order valence-electron chi connectivity index (χ1n) is 6.63. The number of benzene rings is 2. The fraction of sp³-hybridized carbons (Fsp3) is 0.188. The number of fused-ring (bicyclic) bond motifs is 1. The maximum Gasteiger partial charge on any atom is 0.184 e. The summed E-state index contributed by atoms with van der Waals surface area (Å²) in [4.78, 5) is 4.57. The highest BCUT2D eigenvalue weighted by molar-refractivity contribution is 7.22. The van der Waals surface area contributed by atoms with Crippen molar-refractivity contribution in [3.8, 4) is 0 Å². The molecule has 0 atom stereocenters. The van der Waals surface area contributed by atoms with Crippen LogP contribution >= 0.6 is 22.9 Å². The Kier molecular flexibility index (Phi) is 3.90. The van der Waals surface area contributed by atoms with Crippen molar-refractivity contribution < 1.29 is 0 Å². The third-order valence-electron chi connectivity index (χ3n) is 3.28. The highest BCUT2D eigenvalue weighted by Crippen LogP contribution is 2.28. The topological polar surface area (TPSA) is 24.9 Å². The molecule has 3 rings (SSSR count). The van der Waals surface area contributed by atoms with E-state index in [0.717, 1.165) is 33.3 Å². The van der Waals surface area contributed by atoms with Crippen LogP contribution in [0.4, 0.5) is 5.13 Å². The van der Waals surface area contributed by atoms with Crippen molar-refractivity contribution in [3.63, 3.8) is 0 Å². The Balaban J connectivity index is 1.79. The van der Waals surface area contributed by atoms with Gasteiger partial charge in [0.15, 0.2) is 5.13 Å². The van der Waals surface area contributed by atoms with Gasteiger partial charge in [-0.1, -0.05) is 54.1 Å². The normalized spacial score (nSPS) is 10.9. The molecular formula is C16H15ClN2S. The van der Waals surface area contributed by atoms with Crippen molar-refractivity contribution in [2.75, 3.05) is 5.32 Å². The van der Waals surface area contributed by atoms with Gasteiger partial charge in [0.2, 0.25) is 0 Å². The first kappa shape index (κ1) is 13.4. The standard InChI is InChI=1S/C16H15ClN2S/c1-2-11-5-3-4-6-12(11)10-18-16-19-14-9-13(17)7-8-15(14)20-16/h3-9H,2,10H2,1H3,(H,18,19). The predicted octanol–water partition coefficient (Wildman–Crippen LogP) is 5.12. The Bertz CT molecular complexity index is 736. The van der Waals surface area contributed by atoms with E-state index < -0.39 is 0 Å². The highest BCUT2D eigenvalue weighted by atomic mass is 35.5. The summed E-state index contributed by atoms with van der Waals surface area (Å²) in [5.41, 5.74) is 3.66. The Morgan fingerprint density at radius 1 is 1.15 bits per heavy atom. The van der Waals surface area contributed by atoms with Crippen molar-refractivity contribution in [1.82, 2.24) is 4.98 Å². The van der Waals surface area contributed by atoms with E-state index in [0.29, 0.717) is 0 Å². The summed E-state index contributed by atoms with van der Waals surface area (Å²) in [5.74, 6) is 0. The summed E-state index contributed by atoms with van der Waals surface area (Å²) in [7, 11) is 0. The molecule has 2 aromatic carbocycles. The molecule has 0 unspecified atom stereocenters. The molecule has 0 aliphatic heterocycles. The van der Waals surface area contributed by atoms with Gasteiger partial charge in [-0.3, -0.25) is 0 Å². The van der Waals surface area contributed by atoms with Crippen molar-refractivity contribution in [3.05, 3.63) is 58.6 Å². The van der Waals surface area contributed by atoms with Gasteiger partial charge in [0.1, 0.15) is 0 Å². The van der Waals surface area contributed by atoms with Crippen LogP contribution in [0.5, 0.6) is 0 Å². The van der Waals surface area contributed by atoms with Gasteiger partial charge >= 0.3 is 0 Å². The average Bonchev–Trinajstić information content (AvgIpc) is 2.87. The van der Waals surface area contributed by atoms with E-state index in [1.807, 2.05) is 18.2 Å². The van der Waals surface area contributed by atoms with Crippen LogP contribution < -0.4 is 5.32 Å². The average molecular weight is 303 g/mol. The van der Waals surface area contributed by atoms with Gasteiger partial charge in [0.25, 0.3) is 0 Å². The first-order valence-corrected chi connectivity index (χ1v) is 7.82. The molecule has 0 fully saturated rings. The number of thiazole rings is 1. The van der Waals surface area contributed by atoms with Crippen LogP contribution in [-0.2, 0) is 13.0 Å². The van der Waals surface area contributed by atoms with Crippen LogP contribution in [-0.4, -0.2) is 4.98 Å². The number of rotatable bonds is 4. The zero-order valence-electron chi connectivity index (χ0n) is 11.2. The predicted molar refractivity (Wildman–Crippen MR) is 87.8 cm³/mol. The van der Waals surface area contributed by atoms with E-state index in [-0.39, 0.29) is 0 Å². The lowest BCUT2D eigenvalue weighted by Crippen LogP contribution is -2.01. The lowest BCUT2D eigenvalue weighted by Gasteiger charge is -2.07. The lowest BCUT2D eigenvalue weighted by atomic mass is 10.1. The third kappa shape index (κ3) is 2.79. The molecule has 0 saturated heterocycles. The number of hydrogen-bond donors (Lipinski definition) is 1. The van der Waals surface area contributed by atoms with E-state index >= 15 is 0 Å². The van der Waals surface area contributed by atoms with Gasteiger partial charge in [-0.05, 0) is 35.7 Å². The summed E-state index contributed by atoms with van der Waals surface area (Å²) in [6.45, 7) is 2.98. The number of hydrogen-bond acceptors (Lipinski definition) is 3. The molecule has 0 aliphatic rings. The molecule has 0 radical (unpaired) electrons. The van der Waals surface area contributed by atoms with Gasteiger partial charge in [0.05, 0.1) is 10.2 Å². The zero-order chi connectivity index (χ0) is 13.9. The molecule has 3 aromatic rings. The number of nitrogens with one attached hydrogen (secondary N) is 1. The molecule has 0 saturated carbocycles. The molecule has 0 spiro atoms. The lowest BCUT2D eigenvalue weighted by molar-refractivity contribution is 1.04. The highest BCUT2D eigenvalue weighted by Gasteiger charge is 2.05. The van der Waals surface area contributed by atoms with Crippen molar-refractivity contribution >= 4 is 38.3 Å². The number of halogens is 1. The van der Waals surface area contributed by atoms with E-state index in [1.54, 1.807) is 11.3 Å². The molecule has 1 N–H and O–H groups in total. The van der Waals surface area contributed by atoms with Gasteiger partial charge in [-0.2, -0.15) is 0 Å². The summed E-state index contributed by atoms with van der Waals surface area (Å²) >= 11 is 7.64. The molecule has 0 bridgehead atoms. The second-order valence-electron chi connectivity index (χ2n) is 4.61. The summed E-state index contributed by atoms with van der Waals surface area (Å²) in [6.07, 6.45) is 1.05. The SMILES string of the molecule is CCc1ccccc1CNc1nc2cc(Cl)ccc2s1. The van der Waals surface area contributed by atoms with Crippen LogP contribution in [0.15, 0.2) is 42.5 Å². The molecule has 2 nitrogen and oxygen atoms in total. The minimum absolute atomic E-state index is 0.727. The van der Waals surface area contributed by atoms with Crippen LogP contribution in [0, 0.1) is 0 Å². The minimum Gasteiger partial charge on any atom is -0.357 e. The van der Waals surface area contributed by atoms with Gasteiger partial charge < -0.3 is 5.32 Å². The summed E-state index contributed by atoms with van der Waals surface area (Å²) in [6, 6.07) is 14.3. The van der Waals surface area contributed by atoms with Crippen LogP contribution in [0.25, 0.3) is 10.2 Å². The monoisotopic (exact) mass is 302 g/mol. The Labute approximate surface area is 127 Å². The van der Waals surface area contributed by atoms with Crippen LogP contribution in [0.3, 0.4) is 0 Å². The van der Waals surface area contributed by atoms with Gasteiger partial charge in [0, 0.05) is 11.6 Å². The maximum atomic E-state index is 5.98. The van der Waals surface area contributed by atoms with E-state index in [9.17, 15) is 0 Å². The Morgan fingerprint density at radius 3 is 2.75 bits per heavy atom. The quantitative estimate of drug-likeness (QED) is 0.723. The molecule has 0 aliphatic carbocycles. The van der Waals surface area contributed by atoms with Crippen molar-refractivity contribution in [2.45, 2.75) is 19.9 Å². The number of nitrogens with zero attached hydrogens (tertiary/aromatic N) is 1. The van der Waals surface area contributed by atoms with Crippen molar-refractivity contribution in [2.24, 2.45) is 0 Å². The smallest absolute Gasteiger partial charge is 0.184 e. The maximum absolute atomic E-state index is 5.98. The third-order valence-corrected chi connectivity index (χ3v) is 4.51. The minimum atomic E-state index is 0.727. The molecule has 0 amide bonds. The molecule has 1 heterocycles. The fourth-order valence-electron chi connectivity index (χ4n) is 2.22. The number of aromatic nitrogens is 1. The fourth-order valence-corrected chi connectivity index (χ4v) is 3.23. The van der Waals surface area contributed by atoms with Crippen LogP contribution in [0.1, 0.15) is 18.1 Å². The van der Waals surface area contributed by atoms with Gasteiger partial charge in [-0.25, -0.2) is 4.98 Å². The summed E-state index contributed by atoms with van der Waals surface area (Å²) < 4.78 is 1.15. The van der Waals surface area contributed by atoms with E-state index in [2.05, 4.69) is 41.5 Å². The molecule has 1 aromatic heterocycles. The van der Waals surface area contributed by atoms with Crippen molar-refractivity contribution in [1.29, 1.82) is 0 Å². The zero-order valence-corrected chi connectivity index (χ0v) is 12.8. The number of aryl methyl sites for hydroxylation is 1. The molecular weight excluding hydrogens is 288 g/mol. The molecule has 102 valence electrons. The molecule has 20 heavy (non-hydrogen) atoms. The second-order valence-corrected chi connectivity index (χ2v) is 6.07. The van der Waals surface area contributed by atoms with Crippen LogP contribution in [0.2, 0.25) is 5.02 Å².